The summed E-state index contributed by atoms with van der Waals surface area (Å²) in [6, 6.07) is 7.34. The highest BCUT2D eigenvalue weighted by Gasteiger charge is 2.63. The highest BCUT2D eigenvalue weighted by Crippen LogP contribution is 2.57. The van der Waals surface area contributed by atoms with Crippen molar-refractivity contribution in [3.05, 3.63) is 29.8 Å². The average Bonchev–Trinajstić information content (AvgIpc) is 3.00. The van der Waals surface area contributed by atoms with Crippen molar-refractivity contribution in [1.29, 1.82) is 0 Å². The first kappa shape index (κ1) is 13.1. The molecule has 1 amide bonds. The van der Waals surface area contributed by atoms with Crippen LogP contribution in [0.15, 0.2) is 24.3 Å². The van der Waals surface area contributed by atoms with E-state index in [9.17, 15) is 9.59 Å². The molecule has 1 saturated carbocycles. The van der Waals surface area contributed by atoms with Crippen molar-refractivity contribution in [3.8, 4) is 0 Å². The fourth-order valence-electron chi connectivity index (χ4n) is 2.76. The Morgan fingerprint density at radius 2 is 2.10 bits per heavy atom. The van der Waals surface area contributed by atoms with Gasteiger partial charge in [-0.15, -0.1) is 0 Å². The van der Waals surface area contributed by atoms with Gasteiger partial charge in [-0.3, -0.25) is 9.59 Å². The second kappa shape index (κ2) is 4.90. The molecule has 0 spiro atoms. The molecule has 5 heteroatoms. The normalized spacial score (nSPS) is 26.9. The molecule has 1 heterocycles. The van der Waals surface area contributed by atoms with Crippen LogP contribution in [0.2, 0.25) is 0 Å². The molecule has 1 aliphatic heterocycles. The summed E-state index contributed by atoms with van der Waals surface area (Å²) >= 11 is 0. The monoisotopic (exact) mass is 275 g/mol. The minimum atomic E-state index is -0.803. The number of anilines is 1. The zero-order valence-corrected chi connectivity index (χ0v) is 11.1. The molecule has 2 aliphatic rings. The molecule has 2 N–H and O–H groups in total. The van der Waals surface area contributed by atoms with E-state index in [0.29, 0.717) is 25.6 Å². The van der Waals surface area contributed by atoms with E-state index in [2.05, 4.69) is 5.32 Å². The molecular formula is C15H17NO4. The molecule has 1 aliphatic carbocycles. The summed E-state index contributed by atoms with van der Waals surface area (Å²) in [5.41, 5.74) is 1.42. The molecule has 0 bridgehead atoms. The number of nitrogens with one attached hydrogen (secondary N) is 1. The Kier molecular flexibility index (Phi) is 3.22. The molecule has 3 rings (SSSR count). The number of benzene rings is 1. The van der Waals surface area contributed by atoms with Crippen molar-refractivity contribution in [3.63, 3.8) is 0 Å². The number of aryl methyl sites for hydroxylation is 1. The van der Waals surface area contributed by atoms with Gasteiger partial charge < -0.3 is 15.2 Å². The van der Waals surface area contributed by atoms with Crippen molar-refractivity contribution >= 4 is 17.6 Å². The first-order valence-electron chi connectivity index (χ1n) is 6.80. The molecule has 5 nitrogen and oxygen atoms in total. The summed E-state index contributed by atoms with van der Waals surface area (Å²) in [5.74, 6) is -0.377. The van der Waals surface area contributed by atoms with Gasteiger partial charge in [-0.25, -0.2) is 0 Å². The lowest BCUT2D eigenvalue weighted by atomic mass is 10.1. The van der Waals surface area contributed by atoms with Crippen LogP contribution in [0.25, 0.3) is 0 Å². The zero-order chi connectivity index (χ0) is 14.2. The highest BCUT2D eigenvalue weighted by atomic mass is 16.5. The lowest BCUT2D eigenvalue weighted by Crippen LogP contribution is -2.26. The number of hydrogen-bond donors (Lipinski definition) is 2. The maximum atomic E-state index is 12.2. The van der Waals surface area contributed by atoms with Gasteiger partial charge in [0.15, 0.2) is 0 Å². The number of aliphatic carboxylic acids is 1. The molecule has 0 aromatic heterocycles. The molecule has 1 aromatic rings. The number of hydrogen-bond acceptors (Lipinski definition) is 3. The number of carboxylic acid groups (broad SMARTS) is 1. The van der Waals surface area contributed by atoms with Gasteiger partial charge in [0.25, 0.3) is 0 Å². The minimum absolute atomic E-state index is 0.0401. The van der Waals surface area contributed by atoms with Gasteiger partial charge in [0.2, 0.25) is 5.91 Å². The third-order valence-corrected chi connectivity index (χ3v) is 4.20. The molecule has 20 heavy (non-hydrogen) atoms. The van der Waals surface area contributed by atoms with Gasteiger partial charge >= 0.3 is 5.97 Å². The Hall–Kier alpha value is -1.88. The van der Waals surface area contributed by atoms with Gasteiger partial charge in [0.05, 0.1) is 18.6 Å². The minimum Gasteiger partial charge on any atom is -0.481 e. The molecule has 0 unspecified atom stereocenters. The number of carbonyl (C=O) groups excluding carboxylic acids is 1. The van der Waals surface area contributed by atoms with Crippen LogP contribution >= 0.6 is 0 Å². The topological polar surface area (TPSA) is 75.6 Å². The van der Waals surface area contributed by atoms with Crippen molar-refractivity contribution in [2.45, 2.75) is 19.3 Å². The second-order valence-electron chi connectivity index (χ2n) is 5.62. The van der Waals surface area contributed by atoms with Gasteiger partial charge in [-0.1, -0.05) is 12.1 Å². The standard InChI is InChI=1S/C15H17NO4/c17-13(18)6-3-10-1-4-12(5-2-10)16-14(19)15-7-11(15)8-20-9-15/h1-2,4-5,11H,3,6-9H2,(H,16,19)(H,17,18)/t11-,15-/m0/s1. The predicted molar refractivity (Wildman–Crippen MR) is 72.4 cm³/mol. The zero-order valence-electron chi connectivity index (χ0n) is 11.1. The molecule has 1 saturated heterocycles. The second-order valence-corrected chi connectivity index (χ2v) is 5.62. The smallest absolute Gasteiger partial charge is 0.303 e. The lowest BCUT2D eigenvalue weighted by Gasteiger charge is -2.12. The number of fused-ring (bicyclic) bond motifs is 1. The van der Waals surface area contributed by atoms with E-state index in [-0.39, 0.29) is 17.7 Å². The van der Waals surface area contributed by atoms with Crippen molar-refractivity contribution in [2.75, 3.05) is 18.5 Å². The van der Waals surface area contributed by atoms with Crippen LogP contribution in [0.1, 0.15) is 18.4 Å². The Morgan fingerprint density at radius 1 is 1.35 bits per heavy atom. The molecular weight excluding hydrogens is 258 g/mol. The highest BCUT2D eigenvalue weighted by molar-refractivity contribution is 5.98. The maximum absolute atomic E-state index is 12.2. The first-order valence-corrected chi connectivity index (χ1v) is 6.80. The number of carboxylic acids is 1. The summed E-state index contributed by atoms with van der Waals surface area (Å²) in [5, 5.41) is 11.6. The van der Waals surface area contributed by atoms with Crippen LogP contribution in [0.3, 0.4) is 0 Å². The van der Waals surface area contributed by atoms with Gasteiger partial charge in [-0.05, 0) is 30.5 Å². The van der Waals surface area contributed by atoms with Crippen LogP contribution in [0.4, 0.5) is 5.69 Å². The largest absolute Gasteiger partial charge is 0.481 e. The number of rotatable bonds is 5. The van der Waals surface area contributed by atoms with E-state index in [0.717, 1.165) is 17.7 Å². The van der Waals surface area contributed by atoms with Crippen LogP contribution < -0.4 is 5.32 Å². The fourth-order valence-corrected chi connectivity index (χ4v) is 2.76. The third kappa shape index (κ3) is 2.41. The maximum Gasteiger partial charge on any atom is 0.303 e. The van der Waals surface area contributed by atoms with E-state index in [1.807, 2.05) is 24.3 Å². The summed E-state index contributed by atoms with van der Waals surface area (Å²) < 4.78 is 5.33. The molecule has 2 fully saturated rings. The average molecular weight is 275 g/mol. The Balaban J connectivity index is 1.58. The van der Waals surface area contributed by atoms with Crippen LogP contribution in [-0.2, 0) is 20.7 Å². The van der Waals surface area contributed by atoms with Crippen molar-refractivity contribution in [2.24, 2.45) is 11.3 Å². The molecule has 0 radical (unpaired) electrons. The summed E-state index contributed by atoms with van der Waals surface area (Å²) in [7, 11) is 0. The molecule has 106 valence electrons. The van der Waals surface area contributed by atoms with E-state index in [1.165, 1.54) is 0 Å². The van der Waals surface area contributed by atoms with E-state index < -0.39 is 5.97 Å². The lowest BCUT2D eigenvalue weighted by molar-refractivity contribution is -0.137. The van der Waals surface area contributed by atoms with Gasteiger partial charge in [-0.2, -0.15) is 0 Å². The quantitative estimate of drug-likeness (QED) is 0.857. The van der Waals surface area contributed by atoms with E-state index in [1.54, 1.807) is 0 Å². The van der Waals surface area contributed by atoms with E-state index >= 15 is 0 Å². The van der Waals surface area contributed by atoms with Crippen LogP contribution in [0.5, 0.6) is 0 Å². The Morgan fingerprint density at radius 3 is 2.65 bits per heavy atom. The van der Waals surface area contributed by atoms with Crippen LogP contribution in [0, 0.1) is 11.3 Å². The van der Waals surface area contributed by atoms with E-state index in [4.69, 9.17) is 9.84 Å². The number of carbonyl (C=O) groups is 2. The Bertz CT molecular complexity index is 539. The van der Waals surface area contributed by atoms with Crippen molar-refractivity contribution in [1.82, 2.24) is 0 Å². The summed E-state index contributed by atoms with van der Waals surface area (Å²) in [6.45, 7) is 1.22. The fraction of sp³-hybridized carbons (Fsp3) is 0.467. The van der Waals surface area contributed by atoms with Gasteiger partial charge in [0, 0.05) is 18.0 Å². The summed E-state index contributed by atoms with van der Waals surface area (Å²) in [6.07, 6.45) is 1.55. The third-order valence-electron chi connectivity index (χ3n) is 4.20. The number of ether oxygens (including phenoxy) is 1. The molecule has 2 atom stereocenters. The van der Waals surface area contributed by atoms with Gasteiger partial charge in [0.1, 0.15) is 0 Å². The number of amides is 1. The SMILES string of the molecule is O=C(O)CCc1ccc(NC(=O)[C@@]23COC[C@@H]2C3)cc1. The van der Waals surface area contributed by atoms with Crippen LogP contribution in [-0.4, -0.2) is 30.2 Å². The predicted octanol–water partition coefficient (Wildman–Crippen LogP) is 1.68. The first-order chi connectivity index (χ1) is 9.60. The van der Waals surface area contributed by atoms with Crippen molar-refractivity contribution < 1.29 is 19.4 Å². The molecule has 1 aromatic carbocycles. The Labute approximate surface area is 116 Å². The summed E-state index contributed by atoms with van der Waals surface area (Å²) in [4.78, 5) is 22.7.